The lowest BCUT2D eigenvalue weighted by atomic mass is 9.72. The van der Waals surface area contributed by atoms with E-state index in [2.05, 4.69) is 47.3 Å². The van der Waals surface area contributed by atoms with E-state index >= 15 is 0 Å². The van der Waals surface area contributed by atoms with Crippen molar-refractivity contribution in [3.05, 3.63) is 44.2 Å². The third-order valence-corrected chi connectivity index (χ3v) is 7.98. The van der Waals surface area contributed by atoms with Gasteiger partial charge in [-0.25, -0.2) is 4.79 Å². The standard InChI is InChI=1S/C25H31BrN2O4S2/c1-6-11-32-18-10-7-14(12-17(18)26)21(29)27-24(33)28-22-20(23(30)31-5)16-9-8-15(25(2,3)4)13-19(16)34-22/h7,10,12,15H,6,8-9,11,13H2,1-5H3,(H2,27,28,29,33). The minimum atomic E-state index is -0.394. The van der Waals surface area contributed by atoms with Crippen LogP contribution in [-0.2, 0) is 17.6 Å². The van der Waals surface area contributed by atoms with Gasteiger partial charge in [0.25, 0.3) is 5.91 Å². The summed E-state index contributed by atoms with van der Waals surface area (Å²) in [5.41, 5.74) is 2.17. The number of methoxy groups -OCH3 is 1. The number of nitrogens with one attached hydrogen (secondary N) is 2. The third kappa shape index (κ3) is 6.17. The molecular formula is C25H31BrN2O4S2. The molecular weight excluding hydrogens is 536 g/mol. The second-order valence-corrected chi connectivity index (χ2v) is 11.8. The quantitative estimate of drug-likeness (QED) is 0.312. The molecule has 9 heteroatoms. The van der Waals surface area contributed by atoms with Crippen molar-refractivity contribution in [2.24, 2.45) is 11.3 Å². The lowest BCUT2D eigenvalue weighted by Gasteiger charge is -2.33. The van der Waals surface area contributed by atoms with E-state index in [9.17, 15) is 9.59 Å². The summed E-state index contributed by atoms with van der Waals surface area (Å²) in [6.45, 7) is 9.39. The number of benzene rings is 1. The lowest BCUT2D eigenvalue weighted by Crippen LogP contribution is -2.34. The van der Waals surface area contributed by atoms with Gasteiger partial charge in [-0.3, -0.25) is 10.1 Å². The van der Waals surface area contributed by atoms with Gasteiger partial charge in [-0.05, 0) is 88.9 Å². The van der Waals surface area contributed by atoms with E-state index in [0.29, 0.717) is 38.9 Å². The molecule has 1 atom stereocenters. The highest BCUT2D eigenvalue weighted by atomic mass is 79.9. The molecule has 1 aliphatic carbocycles. The predicted molar refractivity (Wildman–Crippen MR) is 144 cm³/mol. The van der Waals surface area contributed by atoms with Gasteiger partial charge in [0.05, 0.1) is 23.8 Å². The van der Waals surface area contributed by atoms with Crippen LogP contribution in [0.25, 0.3) is 0 Å². The average Bonchev–Trinajstić information content (AvgIpc) is 3.13. The van der Waals surface area contributed by atoms with Crippen LogP contribution in [0.1, 0.15) is 71.7 Å². The molecule has 0 saturated carbocycles. The number of hydrogen-bond donors (Lipinski definition) is 2. The molecule has 0 aliphatic heterocycles. The Morgan fingerprint density at radius 3 is 2.65 bits per heavy atom. The highest BCUT2D eigenvalue weighted by molar-refractivity contribution is 9.10. The first-order valence-electron chi connectivity index (χ1n) is 11.3. The summed E-state index contributed by atoms with van der Waals surface area (Å²) in [7, 11) is 1.38. The van der Waals surface area contributed by atoms with Crippen LogP contribution in [0.3, 0.4) is 0 Å². The molecule has 1 heterocycles. The fourth-order valence-corrected chi connectivity index (χ4v) is 6.08. The first kappa shape index (κ1) is 26.6. The van der Waals surface area contributed by atoms with E-state index in [1.807, 2.05) is 6.92 Å². The van der Waals surface area contributed by atoms with E-state index in [1.165, 1.54) is 23.3 Å². The van der Waals surface area contributed by atoms with Gasteiger partial charge >= 0.3 is 5.97 Å². The van der Waals surface area contributed by atoms with Crippen molar-refractivity contribution >= 4 is 61.5 Å². The molecule has 0 bridgehead atoms. The molecule has 184 valence electrons. The number of fused-ring (bicyclic) bond motifs is 1. The number of hydrogen-bond acceptors (Lipinski definition) is 6. The second kappa shape index (κ2) is 11.2. The van der Waals surface area contributed by atoms with E-state index in [1.54, 1.807) is 18.2 Å². The fourth-order valence-electron chi connectivity index (χ4n) is 4.01. The average molecular weight is 568 g/mol. The molecule has 34 heavy (non-hydrogen) atoms. The molecule has 0 radical (unpaired) electrons. The first-order valence-corrected chi connectivity index (χ1v) is 13.3. The maximum atomic E-state index is 12.8. The molecule has 6 nitrogen and oxygen atoms in total. The van der Waals surface area contributed by atoms with Crippen LogP contribution in [0.15, 0.2) is 22.7 Å². The lowest BCUT2D eigenvalue weighted by molar-refractivity contribution is 0.0600. The van der Waals surface area contributed by atoms with Gasteiger partial charge in [-0.1, -0.05) is 27.7 Å². The summed E-state index contributed by atoms with van der Waals surface area (Å²) in [6.07, 6.45) is 3.64. The Morgan fingerprint density at radius 2 is 2.03 bits per heavy atom. The number of carbonyl (C=O) groups is 2. The minimum Gasteiger partial charge on any atom is -0.492 e. The zero-order valence-corrected chi connectivity index (χ0v) is 23.4. The topological polar surface area (TPSA) is 76.7 Å². The zero-order valence-electron chi connectivity index (χ0n) is 20.2. The van der Waals surface area contributed by atoms with Crippen molar-refractivity contribution in [1.29, 1.82) is 0 Å². The Labute approximate surface area is 218 Å². The van der Waals surface area contributed by atoms with Crippen LogP contribution >= 0.6 is 39.5 Å². The summed E-state index contributed by atoms with van der Waals surface area (Å²) in [4.78, 5) is 26.5. The maximum absolute atomic E-state index is 12.8. The van der Waals surface area contributed by atoms with Crippen LogP contribution in [-0.4, -0.2) is 30.7 Å². The smallest absolute Gasteiger partial charge is 0.341 e. The summed E-state index contributed by atoms with van der Waals surface area (Å²) in [5, 5.41) is 6.52. The zero-order chi connectivity index (χ0) is 25.0. The Kier molecular flexibility index (Phi) is 8.76. The molecule has 0 saturated heterocycles. The van der Waals surface area contributed by atoms with Crippen LogP contribution in [0.5, 0.6) is 5.75 Å². The molecule has 1 aliphatic rings. The van der Waals surface area contributed by atoms with Gasteiger partial charge in [0.1, 0.15) is 10.8 Å². The van der Waals surface area contributed by atoms with E-state index in [4.69, 9.17) is 21.7 Å². The number of carbonyl (C=O) groups excluding carboxylic acids is 2. The van der Waals surface area contributed by atoms with E-state index < -0.39 is 5.97 Å². The highest BCUT2D eigenvalue weighted by Crippen LogP contribution is 2.44. The Morgan fingerprint density at radius 1 is 1.29 bits per heavy atom. The van der Waals surface area contributed by atoms with Crippen molar-refractivity contribution in [3.63, 3.8) is 0 Å². The highest BCUT2D eigenvalue weighted by Gasteiger charge is 2.34. The number of anilines is 1. The molecule has 0 fully saturated rings. The van der Waals surface area contributed by atoms with Crippen LogP contribution in [0.2, 0.25) is 0 Å². The maximum Gasteiger partial charge on any atom is 0.341 e. The molecule has 1 amide bonds. The number of amides is 1. The summed E-state index contributed by atoms with van der Waals surface area (Å²) in [5.74, 6) is 0.467. The van der Waals surface area contributed by atoms with Crippen LogP contribution in [0.4, 0.5) is 5.00 Å². The Balaban J connectivity index is 1.75. The molecule has 2 aromatic rings. The van der Waals surface area contributed by atoms with Crippen molar-refractivity contribution in [2.75, 3.05) is 19.0 Å². The van der Waals surface area contributed by atoms with E-state index in [0.717, 1.165) is 31.2 Å². The first-order chi connectivity index (χ1) is 16.0. The van der Waals surface area contributed by atoms with Gasteiger partial charge in [0, 0.05) is 10.4 Å². The third-order valence-electron chi connectivity index (χ3n) is 5.99. The molecule has 3 rings (SSSR count). The molecule has 1 aromatic heterocycles. The molecule has 2 N–H and O–H groups in total. The number of thiocarbonyl (C=S) groups is 1. The fraction of sp³-hybridized carbons (Fsp3) is 0.480. The predicted octanol–water partition coefficient (Wildman–Crippen LogP) is 6.36. The molecule has 0 spiro atoms. The molecule has 1 aromatic carbocycles. The van der Waals surface area contributed by atoms with Crippen LogP contribution in [0, 0.1) is 11.3 Å². The number of halogens is 1. The van der Waals surface area contributed by atoms with Gasteiger partial charge in [-0.2, -0.15) is 0 Å². The van der Waals surface area contributed by atoms with Gasteiger partial charge in [0.2, 0.25) is 0 Å². The van der Waals surface area contributed by atoms with Crippen LogP contribution < -0.4 is 15.4 Å². The van der Waals surface area contributed by atoms with Gasteiger partial charge in [0.15, 0.2) is 5.11 Å². The number of esters is 1. The summed E-state index contributed by atoms with van der Waals surface area (Å²) in [6, 6.07) is 5.13. The van der Waals surface area contributed by atoms with Crippen molar-refractivity contribution in [1.82, 2.24) is 5.32 Å². The second-order valence-electron chi connectivity index (χ2n) is 9.41. The minimum absolute atomic E-state index is 0.128. The van der Waals surface area contributed by atoms with Gasteiger partial charge in [-0.15, -0.1) is 11.3 Å². The Hall–Kier alpha value is -1.97. The summed E-state index contributed by atoms with van der Waals surface area (Å²) >= 11 is 10.4. The monoisotopic (exact) mass is 566 g/mol. The number of ether oxygens (including phenoxy) is 2. The largest absolute Gasteiger partial charge is 0.492 e. The van der Waals surface area contributed by atoms with E-state index in [-0.39, 0.29) is 16.4 Å². The van der Waals surface area contributed by atoms with Gasteiger partial charge < -0.3 is 14.8 Å². The molecule has 1 unspecified atom stereocenters. The van der Waals surface area contributed by atoms with Crippen molar-refractivity contribution < 1.29 is 19.1 Å². The Bertz CT molecular complexity index is 1090. The normalized spacial score (nSPS) is 15.3. The van der Waals surface area contributed by atoms with Crippen molar-refractivity contribution in [3.8, 4) is 5.75 Å². The summed E-state index contributed by atoms with van der Waals surface area (Å²) < 4.78 is 11.4. The number of thiophene rings is 1. The van der Waals surface area contributed by atoms with Crippen molar-refractivity contribution in [2.45, 2.75) is 53.4 Å². The number of rotatable bonds is 6. The SMILES string of the molecule is CCCOc1ccc(C(=O)NC(=S)Nc2sc3c(c2C(=O)OC)CCC(C(C)(C)C)C3)cc1Br.